The lowest BCUT2D eigenvalue weighted by molar-refractivity contribution is 0.0553. The number of aliphatic hydroxyl groups is 1. The van der Waals surface area contributed by atoms with E-state index in [0.717, 1.165) is 6.42 Å². The first-order chi connectivity index (χ1) is 6.93. The summed E-state index contributed by atoms with van der Waals surface area (Å²) < 4.78 is 0. The molecule has 0 saturated heterocycles. The van der Waals surface area contributed by atoms with Gasteiger partial charge in [0.25, 0.3) is 0 Å². The third-order valence-corrected chi connectivity index (χ3v) is 3.33. The van der Waals surface area contributed by atoms with E-state index in [1.54, 1.807) is 0 Å². The summed E-state index contributed by atoms with van der Waals surface area (Å²) in [5.74, 6) is 0.496. The van der Waals surface area contributed by atoms with Gasteiger partial charge in [-0.2, -0.15) is 0 Å². The van der Waals surface area contributed by atoms with Crippen LogP contribution in [0.4, 0.5) is 0 Å². The van der Waals surface area contributed by atoms with Gasteiger partial charge in [0.15, 0.2) is 0 Å². The molecule has 0 bridgehead atoms. The van der Waals surface area contributed by atoms with Gasteiger partial charge in [-0.05, 0) is 30.2 Å². The van der Waals surface area contributed by atoms with Gasteiger partial charge in [0.2, 0.25) is 0 Å². The Morgan fingerprint density at radius 1 is 1.13 bits per heavy atom. The summed E-state index contributed by atoms with van der Waals surface area (Å²) in [6, 6.07) is 10.5. The van der Waals surface area contributed by atoms with Gasteiger partial charge in [0.05, 0.1) is 6.10 Å². The van der Waals surface area contributed by atoms with Crippen LogP contribution in [-0.4, -0.2) is 11.2 Å². The molecule has 0 spiro atoms. The second kappa shape index (κ2) is 4.80. The Bertz CT molecular complexity index is 287. The topological polar surface area (TPSA) is 20.2 Å². The smallest absolute Gasteiger partial charge is 0.0563 e. The Balaban J connectivity index is 2.68. The van der Waals surface area contributed by atoms with Crippen molar-refractivity contribution in [2.75, 3.05) is 0 Å². The Morgan fingerprint density at radius 2 is 1.67 bits per heavy atom. The SMILES string of the molecule is CC(O)C(C)(C)C[C@@H](C)c1ccccc1. The molecule has 1 N–H and O–H groups in total. The Hall–Kier alpha value is -0.820. The van der Waals surface area contributed by atoms with Crippen molar-refractivity contribution in [3.05, 3.63) is 35.9 Å². The van der Waals surface area contributed by atoms with Crippen molar-refractivity contribution in [2.24, 2.45) is 5.41 Å². The summed E-state index contributed by atoms with van der Waals surface area (Å²) in [7, 11) is 0. The summed E-state index contributed by atoms with van der Waals surface area (Å²) in [4.78, 5) is 0. The molecule has 1 rings (SSSR count). The molecule has 1 nitrogen and oxygen atoms in total. The maximum Gasteiger partial charge on any atom is 0.0563 e. The molecule has 2 atom stereocenters. The fourth-order valence-corrected chi connectivity index (χ4v) is 1.86. The van der Waals surface area contributed by atoms with E-state index in [9.17, 15) is 5.11 Å². The molecule has 1 heteroatoms. The van der Waals surface area contributed by atoms with Gasteiger partial charge in [-0.25, -0.2) is 0 Å². The molecule has 0 saturated carbocycles. The molecule has 0 aliphatic carbocycles. The van der Waals surface area contributed by atoms with Gasteiger partial charge in [-0.3, -0.25) is 0 Å². The molecule has 1 aromatic rings. The Labute approximate surface area is 93.1 Å². The minimum atomic E-state index is -0.260. The zero-order valence-electron chi connectivity index (χ0n) is 10.2. The van der Waals surface area contributed by atoms with E-state index in [2.05, 4.69) is 45.0 Å². The van der Waals surface area contributed by atoms with E-state index < -0.39 is 0 Å². The maximum absolute atomic E-state index is 9.68. The highest BCUT2D eigenvalue weighted by Gasteiger charge is 2.26. The molecule has 0 radical (unpaired) electrons. The van der Waals surface area contributed by atoms with Gasteiger partial charge >= 0.3 is 0 Å². The standard InChI is InChI=1S/C14H22O/c1-11(10-14(3,4)12(2)15)13-8-6-5-7-9-13/h5-9,11-12,15H,10H2,1-4H3/t11-,12?/m1/s1. The van der Waals surface area contributed by atoms with Crippen molar-refractivity contribution in [2.45, 2.75) is 46.1 Å². The van der Waals surface area contributed by atoms with Crippen molar-refractivity contribution in [1.82, 2.24) is 0 Å². The lowest BCUT2D eigenvalue weighted by atomic mass is 9.77. The molecule has 0 aliphatic heterocycles. The minimum Gasteiger partial charge on any atom is -0.393 e. The molecule has 1 unspecified atom stereocenters. The largest absolute Gasteiger partial charge is 0.393 e. The van der Waals surface area contributed by atoms with E-state index >= 15 is 0 Å². The Kier molecular flexibility index (Phi) is 3.92. The van der Waals surface area contributed by atoms with Gasteiger partial charge in [-0.1, -0.05) is 51.1 Å². The van der Waals surface area contributed by atoms with Crippen LogP contribution in [0.2, 0.25) is 0 Å². The lowest BCUT2D eigenvalue weighted by Gasteiger charge is -2.31. The highest BCUT2D eigenvalue weighted by atomic mass is 16.3. The monoisotopic (exact) mass is 206 g/mol. The van der Waals surface area contributed by atoms with Crippen LogP contribution in [-0.2, 0) is 0 Å². The quantitative estimate of drug-likeness (QED) is 0.798. The zero-order chi connectivity index (χ0) is 11.5. The van der Waals surface area contributed by atoms with Crippen LogP contribution in [0.5, 0.6) is 0 Å². The number of hydrogen-bond acceptors (Lipinski definition) is 1. The first-order valence-corrected chi connectivity index (χ1v) is 5.66. The van der Waals surface area contributed by atoms with Gasteiger partial charge in [0, 0.05) is 0 Å². The van der Waals surface area contributed by atoms with Crippen molar-refractivity contribution in [3.63, 3.8) is 0 Å². The molecule has 1 aromatic carbocycles. The molecule has 0 aliphatic rings. The van der Waals surface area contributed by atoms with Crippen LogP contribution in [0.25, 0.3) is 0 Å². The minimum absolute atomic E-state index is 0.0186. The van der Waals surface area contributed by atoms with Crippen LogP contribution >= 0.6 is 0 Å². The van der Waals surface area contributed by atoms with Crippen LogP contribution in [0.15, 0.2) is 30.3 Å². The summed E-state index contributed by atoms with van der Waals surface area (Å²) in [6.45, 7) is 8.34. The summed E-state index contributed by atoms with van der Waals surface area (Å²) in [5.41, 5.74) is 1.33. The van der Waals surface area contributed by atoms with E-state index in [0.29, 0.717) is 5.92 Å². The zero-order valence-corrected chi connectivity index (χ0v) is 10.2. The number of rotatable bonds is 4. The van der Waals surface area contributed by atoms with Crippen LogP contribution in [0, 0.1) is 5.41 Å². The lowest BCUT2D eigenvalue weighted by Crippen LogP contribution is -2.27. The predicted molar refractivity (Wildman–Crippen MR) is 64.9 cm³/mol. The van der Waals surface area contributed by atoms with E-state index in [1.807, 2.05) is 13.0 Å². The van der Waals surface area contributed by atoms with Gasteiger partial charge in [-0.15, -0.1) is 0 Å². The van der Waals surface area contributed by atoms with Gasteiger partial charge < -0.3 is 5.11 Å². The highest BCUT2D eigenvalue weighted by molar-refractivity contribution is 5.19. The van der Waals surface area contributed by atoms with Crippen LogP contribution < -0.4 is 0 Å². The fourth-order valence-electron chi connectivity index (χ4n) is 1.86. The third kappa shape index (κ3) is 3.35. The molecule has 0 amide bonds. The molecule has 0 heterocycles. The summed E-state index contributed by atoms with van der Waals surface area (Å²) >= 11 is 0. The van der Waals surface area contributed by atoms with Gasteiger partial charge in [0.1, 0.15) is 0 Å². The van der Waals surface area contributed by atoms with Crippen molar-refractivity contribution < 1.29 is 5.11 Å². The number of benzene rings is 1. The van der Waals surface area contributed by atoms with Crippen molar-refractivity contribution in [1.29, 1.82) is 0 Å². The van der Waals surface area contributed by atoms with E-state index in [4.69, 9.17) is 0 Å². The van der Waals surface area contributed by atoms with Crippen molar-refractivity contribution >= 4 is 0 Å². The van der Waals surface area contributed by atoms with Crippen LogP contribution in [0.3, 0.4) is 0 Å². The average Bonchev–Trinajstić information content (AvgIpc) is 2.18. The van der Waals surface area contributed by atoms with E-state index in [1.165, 1.54) is 5.56 Å². The second-order valence-electron chi connectivity index (χ2n) is 5.18. The van der Waals surface area contributed by atoms with Crippen LogP contribution in [0.1, 0.15) is 45.6 Å². The normalized spacial score (nSPS) is 16.1. The second-order valence-corrected chi connectivity index (χ2v) is 5.18. The first kappa shape index (κ1) is 12.3. The molecule has 0 aromatic heterocycles. The molecule has 15 heavy (non-hydrogen) atoms. The van der Waals surface area contributed by atoms with Crippen molar-refractivity contribution in [3.8, 4) is 0 Å². The number of hydrogen-bond donors (Lipinski definition) is 1. The Morgan fingerprint density at radius 3 is 2.13 bits per heavy atom. The molecular formula is C14H22O. The number of aliphatic hydroxyl groups excluding tert-OH is 1. The summed E-state index contributed by atoms with van der Waals surface area (Å²) in [6.07, 6.45) is 0.748. The highest BCUT2D eigenvalue weighted by Crippen LogP contribution is 2.33. The van der Waals surface area contributed by atoms with E-state index in [-0.39, 0.29) is 11.5 Å². The maximum atomic E-state index is 9.68. The molecule has 0 fully saturated rings. The summed E-state index contributed by atoms with van der Waals surface area (Å²) in [5, 5.41) is 9.68. The molecule has 84 valence electrons. The predicted octanol–water partition coefficient (Wildman–Crippen LogP) is 3.59. The average molecular weight is 206 g/mol. The third-order valence-electron chi connectivity index (χ3n) is 3.33. The fraction of sp³-hybridized carbons (Fsp3) is 0.571. The first-order valence-electron chi connectivity index (χ1n) is 5.66. The molecular weight excluding hydrogens is 184 g/mol.